The van der Waals surface area contributed by atoms with Crippen LogP contribution in [0.3, 0.4) is 0 Å². The molecule has 0 saturated heterocycles. The average Bonchev–Trinajstić information content (AvgIpc) is 3.01. The van der Waals surface area contributed by atoms with E-state index in [2.05, 4.69) is 24.4 Å². The van der Waals surface area contributed by atoms with Crippen molar-refractivity contribution in [3.8, 4) is 0 Å². The number of carbonyl (C=O) groups is 1. The maximum absolute atomic E-state index is 12.1. The summed E-state index contributed by atoms with van der Waals surface area (Å²) in [5.41, 5.74) is 0. The van der Waals surface area contributed by atoms with Crippen LogP contribution in [0.4, 0.5) is 0 Å². The van der Waals surface area contributed by atoms with Gasteiger partial charge < -0.3 is 15.2 Å². The lowest BCUT2D eigenvalue weighted by molar-refractivity contribution is -0.117. The topological polar surface area (TPSA) is 58.6 Å². The third-order valence-corrected chi connectivity index (χ3v) is 5.05. The normalized spacial score (nSPS) is 20.6. The van der Waals surface area contributed by atoms with Crippen LogP contribution in [0, 0.1) is 11.8 Å². The summed E-state index contributed by atoms with van der Waals surface area (Å²) in [4.78, 5) is 12.1. The minimum atomic E-state index is -0.408. The van der Waals surface area contributed by atoms with Crippen LogP contribution in [-0.2, 0) is 9.53 Å². The van der Waals surface area contributed by atoms with Gasteiger partial charge in [0, 0.05) is 18.9 Å². The first-order valence-electron chi connectivity index (χ1n) is 10.2. The second-order valence-corrected chi connectivity index (χ2v) is 7.35. The Morgan fingerprint density at radius 1 is 1.33 bits per heavy atom. The Kier molecular flexibility index (Phi) is 12.7. The van der Waals surface area contributed by atoms with E-state index in [1.807, 2.05) is 18.2 Å². The monoisotopic (exact) mass is 393 g/mol. The SMILES string of the molecule is CCCCC[C@H](O)/C=C/[C@H]1C=CC(=O)[C@@H]1C/C=C\CCCCOC(=S)NC. The number of aliphatic hydroxyl groups excluding tert-OH is 1. The number of unbranched alkanes of at least 4 members (excludes halogenated alkanes) is 4. The molecule has 4 nitrogen and oxygen atoms in total. The summed E-state index contributed by atoms with van der Waals surface area (Å²) in [7, 11) is 1.75. The van der Waals surface area contributed by atoms with Crippen LogP contribution in [-0.4, -0.2) is 35.8 Å². The molecule has 0 aromatic heterocycles. The molecule has 0 radical (unpaired) electrons. The maximum Gasteiger partial charge on any atom is 0.256 e. The van der Waals surface area contributed by atoms with Gasteiger partial charge in [0.1, 0.15) is 0 Å². The molecule has 0 saturated carbocycles. The highest BCUT2D eigenvalue weighted by Gasteiger charge is 2.27. The van der Waals surface area contributed by atoms with E-state index in [0.29, 0.717) is 11.8 Å². The van der Waals surface area contributed by atoms with Crippen molar-refractivity contribution in [2.45, 2.75) is 64.4 Å². The predicted octanol–water partition coefficient (Wildman–Crippen LogP) is 4.49. The lowest BCUT2D eigenvalue weighted by Gasteiger charge is -2.13. The summed E-state index contributed by atoms with van der Waals surface area (Å²) >= 11 is 4.92. The maximum atomic E-state index is 12.1. The number of ether oxygens (including phenoxy) is 1. The Morgan fingerprint density at radius 3 is 2.89 bits per heavy atom. The highest BCUT2D eigenvalue weighted by molar-refractivity contribution is 7.80. The van der Waals surface area contributed by atoms with Crippen LogP contribution < -0.4 is 5.32 Å². The van der Waals surface area contributed by atoms with Crippen molar-refractivity contribution in [1.29, 1.82) is 0 Å². The Hall–Kier alpha value is -1.46. The first-order chi connectivity index (χ1) is 13.1. The fourth-order valence-electron chi connectivity index (χ4n) is 3.04. The Balaban J connectivity index is 2.27. The Morgan fingerprint density at radius 2 is 2.15 bits per heavy atom. The van der Waals surface area contributed by atoms with Gasteiger partial charge in [-0.3, -0.25) is 4.79 Å². The number of ketones is 1. The molecule has 0 amide bonds. The van der Waals surface area contributed by atoms with Gasteiger partial charge in [0.25, 0.3) is 5.17 Å². The molecule has 152 valence electrons. The molecule has 0 fully saturated rings. The van der Waals surface area contributed by atoms with Gasteiger partial charge in [-0.25, -0.2) is 0 Å². The van der Waals surface area contributed by atoms with Crippen molar-refractivity contribution in [2.75, 3.05) is 13.7 Å². The van der Waals surface area contributed by atoms with Gasteiger partial charge in [-0.15, -0.1) is 0 Å². The first-order valence-corrected chi connectivity index (χ1v) is 10.6. The largest absolute Gasteiger partial charge is 0.471 e. The van der Waals surface area contributed by atoms with E-state index in [0.717, 1.165) is 51.4 Å². The van der Waals surface area contributed by atoms with E-state index in [-0.39, 0.29) is 17.6 Å². The molecule has 1 aliphatic rings. The van der Waals surface area contributed by atoms with E-state index in [4.69, 9.17) is 17.0 Å². The third kappa shape index (κ3) is 10.5. The zero-order valence-corrected chi connectivity index (χ0v) is 17.5. The molecule has 0 unspecified atom stereocenters. The van der Waals surface area contributed by atoms with Crippen LogP contribution in [0.2, 0.25) is 0 Å². The molecule has 0 spiro atoms. The third-order valence-electron chi connectivity index (χ3n) is 4.73. The fraction of sp³-hybridized carbons (Fsp3) is 0.636. The van der Waals surface area contributed by atoms with Gasteiger partial charge in [0.2, 0.25) is 0 Å². The summed E-state index contributed by atoms with van der Waals surface area (Å²) in [5.74, 6) is 0.249. The zero-order chi connectivity index (χ0) is 19.9. The van der Waals surface area contributed by atoms with Crippen LogP contribution >= 0.6 is 12.2 Å². The van der Waals surface area contributed by atoms with Gasteiger partial charge >= 0.3 is 0 Å². The van der Waals surface area contributed by atoms with E-state index in [9.17, 15) is 9.90 Å². The van der Waals surface area contributed by atoms with Crippen molar-refractivity contribution in [3.63, 3.8) is 0 Å². The van der Waals surface area contributed by atoms with Gasteiger partial charge in [0.15, 0.2) is 5.78 Å². The van der Waals surface area contributed by atoms with Crippen molar-refractivity contribution in [3.05, 3.63) is 36.5 Å². The van der Waals surface area contributed by atoms with E-state index in [1.165, 1.54) is 0 Å². The molecule has 27 heavy (non-hydrogen) atoms. The molecular weight excluding hydrogens is 358 g/mol. The lowest BCUT2D eigenvalue weighted by atomic mass is 9.90. The average molecular weight is 394 g/mol. The first kappa shape index (κ1) is 23.6. The number of aliphatic hydroxyl groups is 1. The zero-order valence-electron chi connectivity index (χ0n) is 16.7. The summed E-state index contributed by atoms with van der Waals surface area (Å²) in [6.45, 7) is 2.79. The van der Waals surface area contributed by atoms with Gasteiger partial charge in [-0.05, 0) is 50.4 Å². The molecule has 5 heteroatoms. The Labute approximate surface area is 169 Å². The quantitative estimate of drug-likeness (QED) is 0.274. The van der Waals surface area contributed by atoms with Crippen LogP contribution in [0.1, 0.15) is 58.3 Å². The molecule has 0 heterocycles. The number of hydrogen-bond donors (Lipinski definition) is 2. The molecular formula is C22H35NO3S. The van der Waals surface area contributed by atoms with Crippen LogP contribution in [0.15, 0.2) is 36.5 Å². The summed E-state index contributed by atoms with van der Waals surface area (Å²) in [6, 6.07) is 0. The van der Waals surface area contributed by atoms with Crippen LogP contribution in [0.5, 0.6) is 0 Å². The van der Waals surface area contributed by atoms with Gasteiger partial charge in [0.05, 0.1) is 12.7 Å². The smallest absolute Gasteiger partial charge is 0.256 e. The number of allylic oxidation sites excluding steroid dienone is 5. The summed E-state index contributed by atoms with van der Waals surface area (Å²) in [6.07, 6.45) is 19.2. The standard InChI is InChI=1S/C22H35NO3S/c1-3-4-8-11-19(24)15-13-18-14-16-21(25)20(18)12-9-6-5-7-10-17-26-22(27)23-2/h6,9,13-16,18-20,24H,3-5,7-8,10-12,17H2,1-2H3,(H,23,27)/b9-6-,15-13+/t18-,19-,20+/m0/s1. The summed E-state index contributed by atoms with van der Waals surface area (Å²) in [5, 5.41) is 13.2. The molecule has 2 N–H and O–H groups in total. The minimum Gasteiger partial charge on any atom is -0.471 e. The van der Waals surface area contributed by atoms with Crippen molar-refractivity contribution in [2.24, 2.45) is 11.8 Å². The van der Waals surface area contributed by atoms with E-state index >= 15 is 0 Å². The van der Waals surface area contributed by atoms with Crippen molar-refractivity contribution in [1.82, 2.24) is 5.32 Å². The van der Waals surface area contributed by atoms with Crippen LogP contribution in [0.25, 0.3) is 0 Å². The second kappa shape index (κ2) is 14.6. The number of hydrogen-bond acceptors (Lipinski definition) is 4. The Bertz CT molecular complexity index is 528. The number of rotatable bonds is 13. The highest BCUT2D eigenvalue weighted by atomic mass is 32.1. The van der Waals surface area contributed by atoms with Crippen molar-refractivity contribution >= 4 is 23.2 Å². The van der Waals surface area contributed by atoms with E-state index < -0.39 is 6.10 Å². The minimum absolute atomic E-state index is 0.0309. The second-order valence-electron chi connectivity index (χ2n) is 6.98. The fourth-order valence-corrected chi connectivity index (χ4v) is 3.13. The van der Waals surface area contributed by atoms with Crippen molar-refractivity contribution < 1.29 is 14.6 Å². The molecule has 0 aliphatic heterocycles. The number of carbonyl (C=O) groups excluding carboxylic acids is 1. The van der Waals surface area contributed by atoms with E-state index in [1.54, 1.807) is 13.1 Å². The molecule has 0 aromatic carbocycles. The molecule has 0 aromatic rings. The highest BCUT2D eigenvalue weighted by Crippen LogP contribution is 2.27. The number of thiocarbonyl (C=S) groups is 1. The predicted molar refractivity (Wildman–Crippen MR) is 116 cm³/mol. The molecule has 0 bridgehead atoms. The lowest BCUT2D eigenvalue weighted by Crippen LogP contribution is -2.19. The number of nitrogens with one attached hydrogen (secondary N) is 1. The molecule has 1 aliphatic carbocycles. The summed E-state index contributed by atoms with van der Waals surface area (Å²) < 4.78 is 5.30. The molecule has 1 rings (SSSR count). The van der Waals surface area contributed by atoms with Gasteiger partial charge in [-0.1, -0.05) is 56.6 Å². The van der Waals surface area contributed by atoms with Gasteiger partial charge in [-0.2, -0.15) is 0 Å². The molecule has 3 atom stereocenters.